The summed E-state index contributed by atoms with van der Waals surface area (Å²) < 4.78 is 5.27. The van der Waals surface area contributed by atoms with Gasteiger partial charge in [0.1, 0.15) is 5.75 Å². The number of amides is 1. The first kappa shape index (κ1) is 22.1. The third-order valence-corrected chi connectivity index (χ3v) is 6.55. The zero-order chi connectivity index (χ0) is 23.3. The van der Waals surface area contributed by atoms with Crippen LogP contribution in [0.2, 0.25) is 0 Å². The Morgan fingerprint density at radius 1 is 0.941 bits per heavy atom. The molecule has 0 unspecified atom stereocenters. The van der Waals surface area contributed by atoms with Crippen molar-refractivity contribution >= 4 is 16.8 Å². The van der Waals surface area contributed by atoms with Gasteiger partial charge in [-0.2, -0.15) is 0 Å². The van der Waals surface area contributed by atoms with Crippen molar-refractivity contribution in [1.82, 2.24) is 15.6 Å². The van der Waals surface area contributed by atoms with E-state index < -0.39 is 0 Å². The molecule has 1 saturated carbocycles. The van der Waals surface area contributed by atoms with Crippen molar-refractivity contribution in [1.29, 1.82) is 0 Å². The quantitative estimate of drug-likeness (QED) is 0.398. The van der Waals surface area contributed by atoms with E-state index in [0.29, 0.717) is 11.6 Å². The molecule has 5 nitrogen and oxygen atoms in total. The summed E-state index contributed by atoms with van der Waals surface area (Å²) in [6, 6.07) is 28.5. The smallest absolute Gasteiger partial charge is 0.252 e. The second-order valence-corrected chi connectivity index (χ2v) is 8.85. The third-order valence-electron chi connectivity index (χ3n) is 6.55. The summed E-state index contributed by atoms with van der Waals surface area (Å²) in [5, 5.41) is 7.79. The van der Waals surface area contributed by atoms with Crippen molar-refractivity contribution in [2.45, 2.75) is 37.9 Å². The maximum atomic E-state index is 13.4. The summed E-state index contributed by atoms with van der Waals surface area (Å²) in [4.78, 5) is 18.2. The second kappa shape index (κ2) is 10.1. The van der Waals surface area contributed by atoms with Crippen LogP contribution in [0.5, 0.6) is 5.75 Å². The lowest BCUT2D eigenvalue weighted by Gasteiger charge is -2.16. The first-order valence-corrected chi connectivity index (χ1v) is 11.8. The average Bonchev–Trinajstić information content (AvgIpc) is 3.34. The molecule has 172 valence electrons. The van der Waals surface area contributed by atoms with Crippen LogP contribution in [0.3, 0.4) is 0 Å². The summed E-state index contributed by atoms with van der Waals surface area (Å²) in [5.41, 5.74) is 4.49. The van der Waals surface area contributed by atoms with Gasteiger partial charge in [0.25, 0.3) is 5.91 Å². The van der Waals surface area contributed by atoms with Gasteiger partial charge in [-0.3, -0.25) is 4.79 Å². The van der Waals surface area contributed by atoms with E-state index in [9.17, 15) is 4.79 Å². The number of hydrogen-bond donors (Lipinski definition) is 2. The van der Waals surface area contributed by atoms with E-state index in [-0.39, 0.29) is 11.9 Å². The summed E-state index contributed by atoms with van der Waals surface area (Å²) in [5.74, 6) is 0.751. The number of para-hydroxylation sites is 1. The number of pyridine rings is 1. The van der Waals surface area contributed by atoms with Gasteiger partial charge >= 0.3 is 0 Å². The van der Waals surface area contributed by atoms with Crippen LogP contribution in [0.1, 0.15) is 35.2 Å². The predicted octanol–water partition coefficient (Wildman–Crippen LogP) is 5.35. The van der Waals surface area contributed by atoms with Crippen LogP contribution in [0.25, 0.3) is 22.2 Å². The van der Waals surface area contributed by atoms with Crippen LogP contribution in [-0.4, -0.2) is 30.1 Å². The lowest BCUT2D eigenvalue weighted by molar-refractivity contribution is 0.0939. The van der Waals surface area contributed by atoms with Crippen molar-refractivity contribution < 1.29 is 9.53 Å². The molecular weight excluding hydrogens is 422 g/mol. The van der Waals surface area contributed by atoms with E-state index in [1.165, 1.54) is 5.56 Å². The summed E-state index contributed by atoms with van der Waals surface area (Å²) in [7, 11) is 1.65. The Hall–Kier alpha value is -3.70. The second-order valence-electron chi connectivity index (χ2n) is 8.85. The lowest BCUT2D eigenvalue weighted by Crippen LogP contribution is -2.35. The van der Waals surface area contributed by atoms with Crippen molar-refractivity contribution in [2.75, 3.05) is 7.11 Å². The molecule has 0 saturated heterocycles. The van der Waals surface area contributed by atoms with Gasteiger partial charge in [0.15, 0.2) is 0 Å². The molecule has 3 aromatic carbocycles. The molecule has 0 radical (unpaired) electrons. The maximum Gasteiger partial charge on any atom is 0.252 e. The van der Waals surface area contributed by atoms with Gasteiger partial charge in [-0.15, -0.1) is 0 Å². The van der Waals surface area contributed by atoms with Gasteiger partial charge in [-0.25, -0.2) is 4.98 Å². The molecule has 0 bridgehead atoms. The zero-order valence-corrected chi connectivity index (χ0v) is 19.3. The highest BCUT2D eigenvalue weighted by atomic mass is 16.5. The molecule has 1 aromatic heterocycles. The third kappa shape index (κ3) is 4.95. The minimum atomic E-state index is -0.0397. The van der Waals surface area contributed by atoms with Crippen LogP contribution in [0.15, 0.2) is 84.9 Å². The Kier molecular flexibility index (Phi) is 6.54. The Morgan fingerprint density at radius 2 is 1.68 bits per heavy atom. The molecule has 2 atom stereocenters. The van der Waals surface area contributed by atoms with Gasteiger partial charge in [-0.1, -0.05) is 48.5 Å². The van der Waals surface area contributed by atoms with Crippen molar-refractivity contribution in [3.05, 3.63) is 96.1 Å². The number of benzene rings is 3. The number of nitrogens with one attached hydrogen (secondary N) is 2. The van der Waals surface area contributed by atoms with E-state index >= 15 is 0 Å². The average molecular weight is 452 g/mol. The number of fused-ring (bicyclic) bond motifs is 1. The highest BCUT2D eigenvalue weighted by molar-refractivity contribution is 6.07. The van der Waals surface area contributed by atoms with Gasteiger partial charge in [0.2, 0.25) is 0 Å². The fourth-order valence-electron chi connectivity index (χ4n) is 4.69. The molecule has 5 rings (SSSR count). The largest absolute Gasteiger partial charge is 0.497 e. The standard InChI is InChI=1S/C29H29N3O2/c1-34-24-15-11-21(12-16-24)28-18-26(25-9-5-6-10-27(25)32-28)29(33)31-23-14-13-22(17-23)30-19-20-7-3-2-4-8-20/h2-12,15-16,18,22-23,30H,13-14,17,19H2,1H3,(H,31,33)/t22-,23+/m0/s1. The Bertz CT molecular complexity index is 1270. The molecule has 1 fully saturated rings. The summed E-state index contributed by atoms with van der Waals surface area (Å²) in [6.07, 6.45) is 2.98. The number of hydrogen-bond acceptors (Lipinski definition) is 4. The van der Waals surface area contributed by atoms with E-state index in [1.54, 1.807) is 7.11 Å². The van der Waals surface area contributed by atoms with Gasteiger partial charge in [-0.05, 0) is 61.2 Å². The minimum absolute atomic E-state index is 0.0397. The number of carbonyl (C=O) groups excluding carboxylic acids is 1. The summed E-state index contributed by atoms with van der Waals surface area (Å²) >= 11 is 0. The molecule has 0 spiro atoms. The summed E-state index contributed by atoms with van der Waals surface area (Å²) in [6.45, 7) is 0.854. The number of ether oxygens (including phenoxy) is 1. The molecular formula is C29H29N3O2. The highest BCUT2D eigenvalue weighted by Crippen LogP contribution is 2.27. The fourth-order valence-corrected chi connectivity index (χ4v) is 4.69. The normalized spacial score (nSPS) is 17.6. The number of rotatable bonds is 7. The van der Waals surface area contributed by atoms with Crippen LogP contribution >= 0.6 is 0 Å². The molecule has 0 aliphatic heterocycles. The number of methoxy groups -OCH3 is 1. The fraction of sp³-hybridized carbons (Fsp3) is 0.241. The van der Waals surface area contributed by atoms with Gasteiger partial charge in [0.05, 0.1) is 23.9 Å². The SMILES string of the molecule is COc1ccc(-c2cc(C(=O)N[C@@H]3CC[C@H](NCc4ccccc4)C3)c3ccccc3n2)cc1. The van der Waals surface area contributed by atoms with Gasteiger partial charge in [0, 0.05) is 29.6 Å². The Labute approximate surface area is 200 Å². The zero-order valence-electron chi connectivity index (χ0n) is 19.3. The molecule has 1 aliphatic carbocycles. The maximum absolute atomic E-state index is 13.4. The van der Waals surface area contributed by atoms with E-state index in [1.807, 2.05) is 60.7 Å². The van der Waals surface area contributed by atoms with Crippen LogP contribution in [0, 0.1) is 0 Å². The molecule has 1 aliphatic rings. The highest BCUT2D eigenvalue weighted by Gasteiger charge is 2.26. The molecule has 34 heavy (non-hydrogen) atoms. The Morgan fingerprint density at radius 3 is 2.47 bits per heavy atom. The van der Waals surface area contributed by atoms with Crippen molar-refractivity contribution in [2.24, 2.45) is 0 Å². The predicted molar refractivity (Wildman–Crippen MR) is 136 cm³/mol. The van der Waals surface area contributed by atoms with E-state index in [0.717, 1.165) is 53.7 Å². The molecule has 1 heterocycles. The molecule has 2 N–H and O–H groups in total. The van der Waals surface area contributed by atoms with Crippen molar-refractivity contribution in [3.63, 3.8) is 0 Å². The number of aromatic nitrogens is 1. The van der Waals surface area contributed by atoms with Crippen molar-refractivity contribution in [3.8, 4) is 17.0 Å². The first-order valence-electron chi connectivity index (χ1n) is 11.8. The van der Waals surface area contributed by atoms with E-state index in [2.05, 4.69) is 34.9 Å². The first-order chi connectivity index (χ1) is 16.7. The van der Waals surface area contributed by atoms with Crippen LogP contribution in [-0.2, 0) is 6.54 Å². The molecule has 4 aromatic rings. The lowest BCUT2D eigenvalue weighted by atomic mass is 10.0. The topological polar surface area (TPSA) is 63.2 Å². The minimum Gasteiger partial charge on any atom is -0.497 e. The monoisotopic (exact) mass is 451 g/mol. The Balaban J connectivity index is 1.31. The molecule has 1 amide bonds. The van der Waals surface area contributed by atoms with Crippen LogP contribution < -0.4 is 15.4 Å². The molecule has 5 heteroatoms. The van der Waals surface area contributed by atoms with Crippen LogP contribution in [0.4, 0.5) is 0 Å². The van der Waals surface area contributed by atoms with Gasteiger partial charge < -0.3 is 15.4 Å². The number of carbonyl (C=O) groups is 1. The van der Waals surface area contributed by atoms with E-state index in [4.69, 9.17) is 9.72 Å². The number of nitrogens with zero attached hydrogens (tertiary/aromatic N) is 1.